The van der Waals surface area contributed by atoms with E-state index >= 15 is 0 Å². The van der Waals surface area contributed by atoms with Crippen molar-refractivity contribution in [2.75, 3.05) is 5.32 Å². The Morgan fingerprint density at radius 3 is 2.47 bits per heavy atom. The van der Waals surface area contributed by atoms with Crippen molar-refractivity contribution in [3.8, 4) is 0 Å². The topological polar surface area (TPSA) is 129 Å². The van der Waals surface area contributed by atoms with Crippen LogP contribution in [0.25, 0.3) is 0 Å². The molecule has 0 saturated carbocycles. The van der Waals surface area contributed by atoms with Crippen molar-refractivity contribution < 1.29 is 24.6 Å². The molecule has 4 N–H and O–H groups in total. The lowest BCUT2D eigenvalue weighted by atomic mass is 10.2. The fourth-order valence-electron chi connectivity index (χ4n) is 1.24. The van der Waals surface area contributed by atoms with Crippen LogP contribution in [0.5, 0.6) is 0 Å². The van der Waals surface area contributed by atoms with Crippen molar-refractivity contribution in [2.24, 2.45) is 0 Å². The number of amides is 2. The number of rotatable bonds is 5. The highest BCUT2D eigenvalue weighted by Crippen LogP contribution is 2.05. The number of pyridine rings is 1. The van der Waals surface area contributed by atoms with Gasteiger partial charge in [0.15, 0.2) is 0 Å². The standard InChI is InChI=1S/C11H13N3O5/c1-6-2-3-7(5-12-6)13-11(19)14-8(10(17)18)4-9(15)16/h2-3,5,8H,4H2,1H3,(H,15,16)(H,17,18)(H2,13,14,19)/t8-/m1/s1. The second kappa shape index (κ2) is 6.34. The maximum absolute atomic E-state index is 11.5. The molecule has 0 aliphatic carbocycles. The monoisotopic (exact) mass is 267 g/mol. The maximum atomic E-state index is 11.5. The van der Waals surface area contributed by atoms with Gasteiger partial charge in [-0.1, -0.05) is 0 Å². The summed E-state index contributed by atoms with van der Waals surface area (Å²) in [6.45, 7) is 1.77. The van der Waals surface area contributed by atoms with Gasteiger partial charge in [-0.25, -0.2) is 9.59 Å². The Morgan fingerprint density at radius 1 is 1.32 bits per heavy atom. The highest BCUT2D eigenvalue weighted by molar-refractivity contribution is 5.93. The molecule has 8 nitrogen and oxygen atoms in total. The van der Waals surface area contributed by atoms with Crippen molar-refractivity contribution in [1.29, 1.82) is 0 Å². The van der Waals surface area contributed by atoms with Gasteiger partial charge in [0.05, 0.1) is 18.3 Å². The maximum Gasteiger partial charge on any atom is 0.326 e. The molecule has 1 heterocycles. The summed E-state index contributed by atoms with van der Waals surface area (Å²) in [5.41, 5.74) is 1.14. The third-order valence-corrected chi connectivity index (χ3v) is 2.15. The summed E-state index contributed by atoms with van der Waals surface area (Å²) in [6, 6.07) is 0.964. The number of carboxylic acids is 2. The van der Waals surface area contributed by atoms with Gasteiger partial charge in [0, 0.05) is 5.69 Å². The summed E-state index contributed by atoms with van der Waals surface area (Å²) in [5.74, 6) is -2.73. The van der Waals surface area contributed by atoms with Crippen LogP contribution in [0.2, 0.25) is 0 Å². The van der Waals surface area contributed by atoms with Gasteiger partial charge < -0.3 is 20.8 Å². The van der Waals surface area contributed by atoms with Gasteiger partial charge in [-0.05, 0) is 19.1 Å². The Hall–Kier alpha value is -2.64. The van der Waals surface area contributed by atoms with Crippen LogP contribution in [0, 0.1) is 6.92 Å². The van der Waals surface area contributed by atoms with E-state index in [1.165, 1.54) is 6.20 Å². The number of anilines is 1. The molecule has 2 amide bonds. The number of hydrogen-bond acceptors (Lipinski definition) is 4. The molecule has 1 aromatic rings. The van der Waals surface area contributed by atoms with E-state index in [1.807, 2.05) is 0 Å². The van der Waals surface area contributed by atoms with Gasteiger partial charge in [0.1, 0.15) is 6.04 Å². The van der Waals surface area contributed by atoms with Gasteiger partial charge >= 0.3 is 18.0 Å². The van der Waals surface area contributed by atoms with Crippen LogP contribution in [0.4, 0.5) is 10.5 Å². The molecular weight excluding hydrogens is 254 g/mol. The lowest BCUT2D eigenvalue weighted by molar-refractivity contribution is -0.145. The fraction of sp³-hybridized carbons (Fsp3) is 0.273. The van der Waals surface area contributed by atoms with E-state index in [0.29, 0.717) is 5.69 Å². The molecule has 0 aliphatic rings. The molecule has 0 saturated heterocycles. The zero-order chi connectivity index (χ0) is 14.4. The van der Waals surface area contributed by atoms with E-state index in [2.05, 4.69) is 15.6 Å². The number of aryl methyl sites for hydroxylation is 1. The number of urea groups is 1. The van der Waals surface area contributed by atoms with Gasteiger partial charge in [-0.15, -0.1) is 0 Å². The molecular formula is C11H13N3O5. The first-order valence-electron chi connectivity index (χ1n) is 5.33. The van der Waals surface area contributed by atoms with Crippen LogP contribution in [0.1, 0.15) is 12.1 Å². The van der Waals surface area contributed by atoms with E-state index in [-0.39, 0.29) is 0 Å². The minimum absolute atomic E-state index is 0.377. The van der Waals surface area contributed by atoms with Crippen LogP contribution in [-0.2, 0) is 9.59 Å². The van der Waals surface area contributed by atoms with Crippen molar-refractivity contribution in [3.05, 3.63) is 24.0 Å². The average molecular weight is 267 g/mol. The number of hydrogen-bond donors (Lipinski definition) is 4. The largest absolute Gasteiger partial charge is 0.481 e. The van der Waals surface area contributed by atoms with Crippen LogP contribution < -0.4 is 10.6 Å². The van der Waals surface area contributed by atoms with Gasteiger partial charge in [0.25, 0.3) is 0 Å². The highest BCUT2D eigenvalue weighted by Gasteiger charge is 2.22. The minimum Gasteiger partial charge on any atom is -0.481 e. The Labute approximate surface area is 108 Å². The lowest BCUT2D eigenvalue weighted by Crippen LogP contribution is -2.44. The molecule has 0 unspecified atom stereocenters. The van der Waals surface area contributed by atoms with Gasteiger partial charge in [-0.2, -0.15) is 0 Å². The van der Waals surface area contributed by atoms with Crippen LogP contribution in [0.15, 0.2) is 18.3 Å². The summed E-state index contributed by atoms with van der Waals surface area (Å²) < 4.78 is 0. The number of carbonyl (C=O) groups excluding carboxylic acids is 1. The summed E-state index contributed by atoms with van der Waals surface area (Å²) in [6.07, 6.45) is 0.705. The molecule has 0 aliphatic heterocycles. The number of nitrogens with one attached hydrogen (secondary N) is 2. The van der Waals surface area contributed by atoms with E-state index < -0.39 is 30.4 Å². The molecule has 0 bridgehead atoms. The van der Waals surface area contributed by atoms with E-state index in [4.69, 9.17) is 10.2 Å². The first kappa shape index (κ1) is 14.4. The number of aliphatic carboxylic acids is 2. The normalized spacial score (nSPS) is 11.4. The molecule has 0 fully saturated rings. The molecule has 19 heavy (non-hydrogen) atoms. The second-order valence-electron chi connectivity index (χ2n) is 3.78. The van der Waals surface area contributed by atoms with Gasteiger partial charge in [-0.3, -0.25) is 9.78 Å². The van der Waals surface area contributed by atoms with Gasteiger partial charge in [0.2, 0.25) is 0 Å². The van der Waals surface area contributed by atoms with Crippen molar-refractivity contribution in [2.45, 2.75) is 19.4 Å². The number of carbonyl (C=O) groups is 3. The Bertz CT molecular complexity index is 486. The molecule has 102 valence electrons. The van der Waals surface area contributed by atoms with E-state index in [0.717, 1.165) is 5.69 Å². The molecule has 0 aromatic carbocycles. The van der Waals surface area contributed by atoms with Crippen LogP contribution in [0.3, 0.4) is 0 Å². The predicted octanol–water partition coefficient (Wildman–Crippen LogP) is 0.439. The van der Waals surface area contributed by atoms with Crippen LogP contribution >= 0.6 is 0 Å². The third kappa shape index (κ3) is 5.02. The predicted molar refractivity (Wildman–Crippen MR) is 64.8 cm³/mol. The number of aromatic nitrogens is 1. The van der Waals surface area contributed by atoms with E-state index in [1.54, 1.807) is 19.1 Å². The van der Waals surface area contributed by atoms with Crippen molar-refractivity contribution in [3.63, 3.8) is 0 Å². The Balaban J connectivity index is 2.59. The Morgan fingerprint density at radius 2 is 2.00 bits per heavy atom. The molecule has 1 rings (SSSR count). The quantitative estimate of drug-likeness (QED) is 0.612. The number of nitrogens with zero attached hydrogens (tertiary/aromatic N) is 1. The zero-order valence-corrected chi connectivity index (χ0v) is 10.1. The minimum atomic E-state index is -1.49. The van der Waals surface area contributed by atoms with Crippen LogP contribution in [-0.4, -0.2) is 39.2 Å². The fourth-order valence-corrected chi connectivity index (χ4v) is 1.24. The first-order valence-corrected chi connectivity index (χ1v) is 5.33. The van der Waals surface area contributed by atoms with E-state index in [9.17, 15) is 14.4 Å². The molecule has 1 aromatic heterocycles. The molecule has 0 spiro atoms. The number of carboxylic acid groups (broad SMARTS) is 2. The molecule has 0 radical (unpaired) electrons. The Kier molecular flexibility index (Phi) is 4.81. The zero-order valence-electron chi connectivity index (χ0n) is 10.1. The van der Waals surface area contributed by atoms with Crippen molar-refractivity contribution in [1.82, 2.24) is 10.3 Å². The summed E-state index contributed by atoms with van der Waals surface area (Å²) in [5, 5.41) is 21.7. The molecule has 1 atom stereocenters. The second-order valence-corrected chi connectivity index (χ2v) is 3.78. The smallest absolute Gasteiger partial charge is 0.326 e. The lowest BCUT2D eigenvalue weighted by Gasteiger charge is -2.13. The highest BCUT2D eigenvalue weighted by atomic mass is 16.4. The molecule has 8 heteroatoms. The average Bonchev–Trinajstić information content (AvgIpc) is 2.30. The SMILES string of the molecule is Cc1ccc(NC(=O)N[C@H](CC(=O)O)C(=O)O)cn1. The third-order valence-electron chi connectivity index (χ3n) is 2.15. The summed E-state index contributed by atoms with van der Waals surface area (Å²) in [7, 11) is 0. The summed E-state index contributed by atoms with van der Waals surface area (Å²) in [4.78, 5) is 36.6. The summed E-state index contributed by atoms with van der Waals surface area (Å²) >= 11 is 0. The first-order chi connectivity index (χ1) is 8.88. The van der Waals surface area contributed by atoms with Crippen molar-refractivity contribution >= 4 is 23.7 Å².